The molecule has 3 fully saturated rings. The Morgan fingerprint density at radius 2 is 1.51 bits per heavy atom. The second kappa shape index (κ2) is 24.6. The second-order valence-electron chi connectivity index (χ2n) is 20.2. The third-order valence-corrected chi connectivity index (χ3v) is 14.1. The van der Waals surface area contributed by atoms with E-state index in [9.17, 15) is 46.2 Å². The summed E-state index contributed by atoms with van der Waals surface area (Å²) in [6.07, 6.45) is -3.83. The number of halogens is 7. The Kier molecular flexibility index (Phi) is 18.9. The molecule has 0 radical (unpaired) electrons. The first-order valence-electron chi connectivity index (χ1n) is 24.3. The molecule has 1 aromatic heterocycles. The Labute approximate surface area is 434 Å². The topological polar surface area (TPSA) is 258 Å². The number of nitrogens with one attached hydrogen (secondary N) is 6. The lowest BCUT2D eigenvalue weighted by molar-refractivity contribution is -0.220. The maximum Gasteiger partial charge on any atom is 0.407 e. The van der Waals surface area contributed by atoms with E-state index in [4.69, 9.17) is 30.6 Å². The lowest BCUT2D eigenvalue weighted by Gasteiger charge is -2.47. The molecule has 26 heteroatoms. The Morgan fingerprint density at radius 3 is 2.04 bits per heavy atom. The summed E-state index contributed by atoms with van der Waals surface area (Å²) in [5.41, 5.74) is 2.58. The number of fused-ring (bicyclic) bond motifs is 2. The van der Waals surface area contributed by atoms with Gasteiger partial charge in [0.15, 0.2) is 0 Å². The standard InChI is InChI=1S/C50H64F7N11O8/c1-48(2,40(42(59)70)65-46(72)74-5)18-38-32(20-62-45(64-38)67-22-29-11-12-30(23-67)68(29)31-24-76-25-31)27-9-7-26(8-10-27)15-37(63-43(71)41(66-47(73)75-6)49(3,4)50(55,56)57)39(69)21-60-19-33-34(51)16-28(17-35(33)52)36(58)13-14-61-44(53)54/h7-10,13-14,16-17,20,29-31,37,39-41,44,58,60-61,69H,11-12,15,18-19,21-25H2,1-6H3,(H2,59,70)(H,63,71)(H,65,72)(H,66,73)/b14-13-,58-36?/t29?,30?,37-,39-,40+,41+/m0/s1. The quantitative estimate of drug-likeness (QED) is 0.0372. The molecule has 19 nitrogen and oxygen atoms in total. The Morgan fingerprint density at radius 1 is 0.921 bits per heavy atom. The average Bonchev–Trinajstić information content (AvgIpc) is 3.56. The number of alkyl halides is 5. The highest BCUT2D eigenvalue weighted by Crippen LogP contribution is 2.41. The molecule has 6 rings (SSSR count). The number of ether oxygens (including phenoxy) is 3. The first-order chi connectivity index (χ1) is 35.7. The fraction of sp³-hybridized carbons (Fsp3) is 0.540. The minimum atomic E-state index is -5.04. The van der Waals surface area contributed by atoms with E-state index in [1.165, 1.54) is 0 Å². The van der Waals surface area contributed by atoms with Crippen molar-refractivity contribution in [3.05, 3.63) is 88.9 Å². The molecule has 416 valence electrons. The van der Waals surface area contributed by atoms with Gasteiger partial charge < -0.3 is 61.9 Å². The van der Waals surface area contributed by atoms with Crippen LogP contribution in [0.3, 0.4) is 0 Å². The number of rotatable bonds is 23. The molecule has 2 bridgehead atoms. The van der Waals surface area contributed by atoms with Crippen molar-refractivity contribution in [3.63, 3.8) is 0 Å². The Hall–Kier alpha value is -6.64. The van der Waals surface area contributed by atoms with Crippen molar-refractivity contribution < 1.29 is 69.2 Å². The summed E-state index contributed by atoms with van der Waals surface area (Å²) in [5.74, 6) is -3.97. The number of primary amides is 1. The third kappa shape index (κ3) is 14.0. The molecule has 4 amide bonds. The smallest absolute Gasteiger partial charge is 0.407 e. The highest BCUT2D eigenvalue weighted by molar-refractivity contribution is 6.06. The van der Waals surface area contributed by atoms with Gasteiger partial charge in [-0.25, -0.2) is 28.3 Å². The van der Waals surface area contributed by atoms with E-state index < -0.39 is 108 Å². The zero-order valence-electron chi connectivity index (χ0n) is 42.7. The number of amides is 4. The van der Waals surface area contributed by atoms with Gasteiger partial charge >= 0.3 is 24.9 Å². The fourth-order valence-corrected chi connectivity index (χ4v) is 9.64. The molecule has 3 aromatic rings. The van der Waals surface area contributed by atoms with Gasteiger partial charge in [-0.05, 0) is 74.3 Å². The zero-order valence-corrected chi connectivity index (χ0v) is 42.7. The first kappa shape index (κ1) is 58.6. The number of nitrogens with zero attached hydrogens (tertiary/aromatic N) is 4. The summed E-state index contributed by atoms with van der Waals surface area (Å²) >= 11 is 0. The maximum atomic E-state index is 15.2. The van der Waals surface area contributed by atoms with E-state index >= 15 is 8.78 Å². The molecule has 0 saturated carbocycles. The summed E-state index contributed by atoms with van der Waals surface area (Å²) in [5, 5.41) is 30.8. The summed E-state index contributed by atoms with van der Waals surface area (Å²) in [7, 11) is 2.04. The number of piperazine rings is 1. The number of nitrogens with two attached hydrogens (primary N) is 1. The second-order valence-corrected chi connectivity index (χ2v) is 20.2. The normalized spacial score (nSPS) is 18.9. The molecule has 2 aromatic carbocycles. The predicted octanol–water partition coefficient (Wildman–Crippen LogP) is 4.44. The summed E-state index contributed by atoms with van der Waals surface area (Å²) < 4.78 is 113. The van der Waals surface area contributed by atoms with Crippen LogP contribution in [0.15, 0.2) is 54.9 Å². The van der Waals surface area contributed by atoms with Gasteiger partial charge in [0, 0.05) is 67.3 Å². The minimum absolute atomic E-state index is 0.0894. The number of hydrogen-bond donors (Lipinski definition) is 8. The van der Waals surface area contributed by atoms with E-state index in [2.05, 4.69) is 30.5 Å². The van der Waals surface area contributed by atoms with Gasteiger partial charge in [0.25, 0.3) is 0 Å². The van der Waals surface area contributed by atoms with Crippen molar-refractivity contribution in [2.75, 3.05) is 52.0 Å². The van der Waals surface area contributed by atoms with Crippen LogP contribution in [0, 0.1) is 27.9 Å². The number of alkyl carbamates (subject to hydrolysis) is 2. The van der Waals surface area contributed by atoms with Crippen LogP contribution >= 0.6 is 0 Å². The van der Waals surface area contributed by atoms with E-state index in [0.717, 1.165) is 51.5 Å². The van der Waals surface area contributed by atoms with Crippen molar-refractivity contribution >= 4 is 35.7 Å². The summed E-state index contributed by atoms with van der Waals surface area (Å²) in [6, 6.07) is 4.18. The van der Waals surface area contributed by atoms with Crippen molar-refractivity contribution in [1.29, 1.82) is 5.41 Å². The first-order valence-corrected chi connectivity index (χ1v) is 24.3. The molecule has 9 N–H and O–H groups in total. The Bertz CT molecular complexity index is 2570. The summed E-state index contributed by atoms with van der Waals surface area (Å²) in [6.45, 7) is 3.55. The van der Waals surface area contributed by atoms with Crippen molar-refractivity contribution in [3.8, 4) is 11.1 Å². The van der Waals surface area contributed by atoms with Crippen LogP contribution in [0.1, 0.15) is 62.9 Å². The maximum absolute atomic E-state index is 15.2. The number of aliphatic hydroxyl groups is 1. The summed E-state index contributed by atoms with van der Waals surface area (Å²) in [4.78, 5) is 66.0. The molecule has 76 heavy (non-hydrogen) atoms. The van der Waals surface area contributed by atoms with Crippen molar-refractivity contribution in [2.24, 2.45) is 16.6 Å². The lowest BCUT2D eigenvalue weighted by atomic mass is 9.78. The van der Waals surface area contributed by atoms with Gasteiger partial charge in [-0.1, -0.05) is 38.1 Å². The van der Waals surface area contributed by atoms with Crippen LogP contribution in [0.5, 0.6) is 0 Å². The third-order valence-electron chi connectivity index (χ3n) is 14.1. The number of allylic oxidation sites excluding steroid dienone is 1. The number of methoxy groups -OCH3 is 2. The molecule has 6 atom stereocenters. The number of hydrogen-bond acceptors (Lipinski definition) is 15. The molecule has 0 aliphatic carbocycles. The number of aromatic nitrogens is 2. The lowest BCUT2D eigenvalue weighted by Crippen LogP contribution is -2.62. The Balaban J connectivity index is 1.29. The molecule has 0 spiro atoms. The van der Waals surface area contributed by atoms with Crippen LogP contribution in [0.4, 0.5) is 46.3 Å². The molecule has 4 heterocycles. The van der Waals surface area contributed by atoms with Gasteiger partial charge in [0.2, 0.25) is 17.8 Å². The molecule has 3 saturated heterocycles. The van der Waals surface area contributed by atoms with Crippen LogP contribution in [-0.2, 0) is 43.2 Å². The highest BCUT2D eigenvalue weighted by atomic mass is 19.4. The molecular formula is C50H64F7N11O8. The van der Waals surface area contributed by atoms with Gasteiger partial charge in [-0.15, -0.1) is 0 Å². The molecular weight excluding hydrogens is 1020 g/mol. The van der Waals surface area contributed by atoms with Gasteiger partial charge in [-0.3, -0.25) is 14.5 Å². The van der Waals surface area contributed by atoms with Gasteiger partial charge in [-0.2, -0.15) is 22.0 Å². The van der Waals surface area contributed by atoms with E-state index in [-0.39, 0.29) is 30.5 Å². The van der Waals surface area contributed by atoms with Gasteiger partial charge in [0.1, 0.15) is 23.7 Å². The van der Waals surface area contributed by atoms with Crippen LogP contribution in [0.2, 0.25) is 0 Å². The van der Waals surface area contributed by atoms with E-state index in [0.29, 0.717) is 74.5 Å². The number of carbonyl (C=O) groups is 4. The number of anilines is 1. The van der Waals surface area contributed by atoms with Crippen molar-refractivity contribution in [2.45, 2.75) is 115 Å². The van der Waals surface area contributed by atoms with Crippen LogP contribution < -0.4 is 37.2 Å². The largest absolute Gasteiger partial charge is 0.453 e. The average molecular weight is 1080 g/mol. The molecule has 2 unspecified atom stereocenters. The fourth-order valence-electron chi connectivity index (χ4n) is 9.64. The van der Waals surface area contributed by atoms with Crippen LogP contribution in [-0.4, -0.2) is 152 Å². The van der Waals surface area contributed by atoms with Crippen LogP contribution in [0.25, 0.3) is 11.1 Å². The highest BCUT2D eigenvalue weighted by Gasteiger charge is 2.56. The zero-order chi connectivity index (χ0) is 55.9. The van der Waals surface area contributed by atoms with E-state index in [1.54, 1.807) is 49.6 Å². The monoisotopic (exact) mass is 1080 g/mol. The van der Waals surface area contributed by atoms with Crippen molar-refractivity contribution in [1.82, 2.24) is 41.5 Å². The minimum Gasteiger partial charge on any atom is -0.453 e. The number of benzene rings is 2. The number of aliphatic hydroxyl groups excluding tert-OH is 1. The predicted molar refractivity (Wildman–Crippen MR) is 263 cm³/mol. The number of carbonyl (C=O) groups excluding carboxylic acids is 4. The van der Waals surface area contributed by atoms with E-state index in [1.807, 2.05) is 5.32 Å². The molecule has 3 aliphatic rings. The SMILES string of the molecule is COC(=O)N[C@H](C(N)=O)C(C)(C)Cc1nc(N2CC3CCC(C2)N3C2COC2)ncc1-c1ccc(C[C@H](NC(=O)[C@@H](NC(=O)OC)C(C)(C)C(F)(F)F)[C@@H](O)CNCc2c(F)cc(C(=N)/C=C\NC(F)F)cc2F)cc1. The van der Waals surface area contributed by atoms with Gasteiger partial charge in [0.05, 0.1) is 62.4 Å². The molecule has 3 aliphatic heterocycles.